The molecule has 122 valence electrons. The number of hydrogen-bond acceptors (Lipinski definition) is 4. The SMILES string of the molecule is O=C(c1sc(-c2ccco2)nc1-c1ccccc1)N1CCCCC1. The number of furan rings is 1. The van der Waals surface area contributed by atoms with Gasteiger partial charge in [0.15, 0.2) is 10.8 Å². The van der Waals surface area contributed by atoms with Crippen LogP contribution in [0.3, 0.4) is 0 Å². The van der Waals surface area contributed by atoms with Gasteiger partial charge in [-0.3, -0.25) is 4.79 Å². The van der Waals surface area contributed by atoms with E-state index in [4.69, 9.17) is 9.40 Å². The van der Waals surface area contributed by atoms with E-state index in [1.807, 2.05) is 47.4 Å². The third-order valence-corrected chi connectivity index (χ3v) is 5.30. The van der Waals surface area contributed by atoms with Crippen molar-refractivity contribution in [3.05, 3.63) is 53.6 Å². The van der Waals surface area contributed by atoms with E-state index in [-0.39, 0.29) is 5.91 Å². The van der Waals surface area contributed by atoms with Crippen molar-refractivity contribution in [2.24, 2.45) is 0 Å². The van der Waals surface area contributed by atoms with Crippen LogP contribution >= 0.6 is 11.3 Å². The summed E-state index contributed by atoms with van der Waals surface area (Å²) in [5.74, 6) is 0.790. The number of aromatic nitrogens is 1. The lowest BCUT2D eigenvalue weighted by Crippen LogP contribution is -2.35. The molecule has 5 heteroatoms. The van der Waals surface area contributed by atoms with Crippen LogP contribution in [0.1, 0.15) is 28.9 Å². The summed E-state index contributed by atoms with van der Waals surface area (Å²) in [5, 5.41) is 0.749. The van der Waals surface area contributed by atoms with Gasteiger partial charge in [-0.25, -0.2) is 4.98 Å². The van der Waals surface area contributed by atoms with Crippen molar-refractivity contribution in [3.63, 3.8) is 0 Å². The molecule has 0 radical (unpaired) electrons. The topological polar surface area (TPSA) is 46.3 Å². The fourth-order valence-corrected chi connectivity index (χ4v) is 4.03. The molecule has 0 saturated carbocycles. The number of hydrogen-bond donors (Lipinski definition) is 0. The number of thiazole rings is 1. The van der Waals surface area contributed by atoms with Gasteiger partial charge in [0.1, 0.15) is 4.88 Å². The van der Waals surface area contributed by atoms with Crippen molar-refractivity contribution in [2.75, 3.05) is 13.1 Å². The van der Waals surface area contributed by atoms with Gasteiger partial charge in [0.05, 0.1) is 12.0 Å². The number of likely N-dealkylation sites (tertiary alicyclic amines) is 1. The van der Waals surface area contributed by atoms with E-state index in [9.17, 15) is 4.79 Å². The molecule has 1 saturated heterocycles. The summed E-state index contributed by atoms with van der Waals surface area (Å²) in [6, 6.07) is 13.6. The van der Waals surface area contributed by atoms with E-state index in [1.54, 1.807) is 6.26 Å². The van der Waals surface area contributed by atoms with Crippen LogP contribution in [0.5, 0.6) is 0 Å². The summed E-state index contributed by atoms with van der Waals surface area (Å²) < 4.78 is 5.47. The van der Waals surface area contributed by atoms with Crippen molar-refractivity contribution < 1.29 is 9.21 Å². The molecular weight excluding hydrogens is 320 g/mol. The normalized spacial score (nSPS) is 14.8. The molecule has 1 amide bonds. The Balaban J connectivity index is 1.77. The molecule has 0 unspecified atom stereocenters. The summed E-state index contributed by atoms with van der Waals surface area (Å²) in [6.45, 7) is 1.67. The highest BCUT2D eigenvalue weighted by Gasteiger charge is 2.26. The van der Waals surface area contributed by atoms with Gasteiger partial charge >= 0.3 is 0 Å². The summed E-state index contributed by atoms with van der Waals surface area (Å²) in [6.07, 6.45) is 4.99. The van der Waals surface area contributed by atoms with Gasteiger partial charge in [-0.15, -0.1) is 11.3 Å². The molecule has 0 atom stereocenters. The first-order chi connectivity index (χ1) is 11.8. The van der Waals surface area contributed by atoms with Crippen molar-refractivity contribution in [1.29, 1.82) is 0 Å². The predicted octanol–water partition coefficient (Wildman–Crippen LogP) is 4.70. The molecule has 0 spiro atoms. The zero-order valence-corrected chi connectivity index (χ0v) is 14.1. The summed E-state index contributed by atoms with van der Waals surface area (Å²) >= 11 is 1.42. The summed E-state index contributed by atoms with van der Waals surface area (Å²) in [4.78, 5) is 20.4. The first-order valence-corrected chi connectivity index (χ1v) is 9.04. The first-order valence-electron chi connectivity index (χ1n) is 8.22. The van der Waals surface area contributed by atoms with Crippen molar-refractivity contribution in [2.45, 2.75) is 19.3 Å². The Morgan fingerprint density at radius 3 is 2.54 bits per heavy atom. The summed E-state index contributed by atoms with van der Waals surface area (Å²) in [5.41, 5.74) is 1.72. The van der Waals surface area contributed by atoms with E-state index in [2.05, 4.69) is 0 Å². The minimum atomic E-state index is 0.0869. The number of carbonyl (C=O) groups excluding carboxylic acids is 1. The number of nitrogens with zero attached hydrogens (tertiary/aromatic N) is 2. The van der Waals surface area contributed by atoms with Gasteiger partial charge in [0.25, 0.3) is 5.91 Å². The van der Waals surface area contributed by atoms with Crippen LogP contribution in [0.4, 0.5) is 0 Å². The minimum absolute atomic E-state index is 0.0869. The van der Waals surface area contributed by atoms with E-state index >= 15 is 0 Å². The molecule has 4 rings (SSSR count). The third kappa shape index (κ3) is 2.87. The minimum Gasteiger partial charge on any atom is -0.462 e. The van der Waals surface area contributed by atoms with Gasteiger partial charge in [-0.1, -0.05) is 30.3 Å². The maximum absolute atomic E-state index is 13.0. The van der Waals surface area contributed by atoms with Crippen LogP contribution in [0.15, 0.2) is 53.1 Å². The van der Waals surface area contributed by atoms with Gasteiger partial charge in [-0.2, -0.15) is 0 Å². The Kier molecular flexibility index (Phi) is 4.17. The maximum atomic E-state index is 13.0. The highest BCUT2D eigenvalue weighted by Crippen LogP contribution is 2.35. The smallest absolute Gasteiger partial charge is 0.266 e. The molecule has 1 aliphatic rings. The van der Waals surface area contributed by atoms with Crippen LogP contribution < -0.4 is 0 Å². The fraction of sp³-hybridized carbons (Fsp3) is 0.263. The fourth-order valence-electron chi connectivity index (χ4n) is 3.00. The second-order valence-corrected chi connectivity index (χ2v) is 6.89. The Bertz CT molecular complexity index is 818. The van der Waals surface area contributed by atoms with Crippen LogP contribution in [-0.4, -0.2) is 28.9 Å². The molecule has 3 aromatic rings. The second-order valence-electron chi connectivity index (χ2n) is 5.89. The highest BCUT2D eigenvalue weighted by molar-refractivity contribution is 7.17. The number of amides is 1. The van der Waals surface area contributed by atoms with Crippen LogP contribution in [0, 0.1) is 0 Å². The molecule has 1 fully saturated rings. The van der Waals surface area contributed by atoms with Crippen molar-refractivity contribution in [1.82, 2.24) is 9.88 Å². The Morgan fingerprint density at radius 1 is 1.04 bits per heavy atom. The predicted molar refractivity (Wildman–Crippen MR) is 95.0 cm³/mol. The number of carbonyl (C=O) groups is 1. The third-order valence-electron chi connectivity index (χ3n) is 4.24. The number of rotatable bonds is 3. The maximum Gasteiger partial charge on any atom is 0.266 e. The molecule has 1 aromatic carbocycles. The first kappa shape index (κ1) is 15.1. The van der Waals surface area contributed by atoms with Crippen LogP contribution in [0.25, 0.3) is 22.0 Å². The average molecular weight is 338 g/mol. The van der Waals surface area contributed by atoms with E-state index in [0.717, 1.165) is 42.2 Å². The largest absolute Gasteiger partial charge is 0.462 e. The quantitative estimate of drug-likeness (QED) is 0.695. The van der Waals surface area contributed by atoms with Crippen LogP contribution in [-0.2, 0) is 0 Å². The van der Waals surface area contributed by atoms with E-state index < -0.39 is 0 Å². The summed E-state index contributed by atoms with van der Waals surface area (Å²) in [7, 11) is 0. The Labute approximate surface area is 144 Å². The molecular formula is C19H18N2O2S. The number of piperidine rings is 1. The van der Waals surface area contributed by atoms with Gasteiger partial charge < -0.3 is 9.32 Å². The second kappa shape index (κ2) is 6.61. The zero-order chi connectivity index (χ0) is 16.4. The van der Waals surface area contributed by atoms with Gasteiger partial charge in [-0.05, 0) is 31.4 Å². The van der Waals surface area contributed by atoms with Crippen LogP contribution in [0.2, 0.25) is 0 Å². The van der Waals surface area contributed by atoms with E-state index in [1.165, 1.54) is 17.8 Å². The van der Waals surface area contributed by atoms with Crippen molar-refractivity contribution in [3.8, 4) is 22.0 Å². The molecule has 2 aromatic heterocycles. The molecule has 3 heterocycles. The average Bonchev–Trinajstić information content (AvgIpc) is 3.32. The lowest BCUT2D eigenvalue weighted by Gasteiger charge is -2.26. The molecule has 0 aliphatic carbocycles. The molecule has 1 aliphatic heterocycles. The van der Waals surface area contributed by atoms with E-state index in [0.29, 0.717) is 10.6 Å². The lowest BCUT2D eigenvalue weighted by atomic mass is 10.1. The van der Waals surface area contributed by atoms with Gasteiger partial charge in [0, 0.05) is 18.7 Å². The molecule has 0 bridgehead atoms. The standard InChI is InChI=1S/C19H18N2O2S/c22-19(21-11-5-2-6-12-21)17-16(14-8-3-1-4-9-14)20-18(24-17)15-10-7-13-23-15/h1,3-4,7-10,13H,2,5-6,11-12H2. The highest BCUT2D eigenvalue weighted by atomic mass is 32.1. The van der Waals surface area contributed by atoms with Crippen molar-refractivity contribution >= 4 is 17.2 Å². The monoisotopic (exact) mass is 338 g/mol. The number of benzene rings is 1. The van der Waals surface area contributed by atoms with Gasteiger partial charge in [0.2, 0.25) is 0 Å². The molecule has 4 nitrogen and oxygen atoms in total. The Morgan fingerprint density at radius 2 is 1.83 bits per heavy atom. The molecule has 24 heavy (non-hydrogen) atoms. The molecule has 0 N–H and O–H groups in total. The lowest BCUT2D eigenvalue weighted by molar-refractivity contribution is 0.0730. The zero-order valence-electron chi connectivity index (χ0n) is 13.3. The Hall–Kier alpha value is -2.40.